The van der Waals surface area contributed by atoms with Crippen molar-refractivity contribution in [3.63, 3.8) is 0 Å². The van der Waals surface area contributed by atoms with E-state index in [9.17, 15) is 9.59 Å². The van der Waals surface area contributed by atoms with Gasteiger partial charge in [-0.3, -0.25) is 9.59 Å². The van der Waals surface area contributed by atoms with Crippen LogP contribution in [-0.2, 0) is 17.6 Å². The minimum absolute atomic E-state index is 0.0668. The quantitative estimate of drug-likeness (QED) is 0.710. The SMILES string of the molecule is CCC(=O)Nc1cccc(NC(=O)c2nn(-c3ccccc3)c3c2CCC3)c1. The molecule has 6 heteroatoms. The molecule has 142 valence electrons. The second-order valence-electron chi connectivity index (χ2n) is 6.81. The number of hydrogen-bond donors (Lipinski definition) is 2. The summed E-state index contributed by atoms with van der Waals surface area (Å²) >= 11 is 0. The van der Waals surface area contributed by atoms with Gasteiger partial charge in [0.15, 0.2) is 5.69 Å². The fourth-order valence-electron chi connectivity index (χ4n) is 3.52. The number of carbonyl (C=O) groups excluding carboxylic acids is 2. The van der Waals surface area contributed by atoms with E-state index in [1.165, 1.54) is 0 Å². The van der Waals surface area contributed by atoms with Crippen molar-refractivity contribution in [3.05, 3.63) is 71.5 Å². The molecular formula is C22H22N4O2. The van der Waals surface area contributed by atoms with Crippen LogP contribution < -0.4 is 10.6 Å². The lowest BCUT2D eigenvalue weighted by atomic mass is 10.2. The number of para-hydroxylation sites is 1. The predicted molar refractivity (Wildman–Crippen MR) is 109 cm³/mol. The highest BCUT2D eigenvalue weighted by molar-refractivity contribution is 6.04. The molecule has 0 bridgehead atoms. The average molecular weight is 374 g/mol. The summed E-state index contributed by atoms with van der Waals surface area (Å²) in [5.74, 6) is -0.297. The van der Waals surface area contributed by atoms with E-state index >= 15 is 0 Å². The van der Waals surface area contributed by atoms with Gasteiger partial charge in [-0.1, -0.05) is 31.2 Å². The Morgan fingerprint density at radius 2 is 1.75 bits per heavy atom. The zero-order valence-electron chi connectivity index (χ0n) is 15.7. The van der Waals surface area contributed by atoms with Crippen molar-refractivity contribution in [1.82, 2.24) is 9.78 Å². The summed E-state index contributed by atoms with van der Waals surface area (Å²) in [6.07, 6.45) is 3.21. The molecule has 0 aliphatic heterocycles. The van der Waals surface area contributed by atoms with Crippen LogP contribution in [0.25, 0.3) is 5.69 Å². The number of amides is 2. The fourth-order valence-corrected chi connectivity index (χ4v) is 3.52. The minimum atomic E-state index is -0.230. The van der Waals surface area contributed by atoms with Gasteiger partial charge in [0.25, 0.3) is 5.91 Å². The topological polar surface area (TPSA) is 76.0 Å². The number of benzene rings is 2. The van der Waals surface area contributed by atoms with Crippen LogP contribution in [-0.4, -0.2) is 21.6 Å². The average Bonchev–Trinajstić information content (AvgIpc) is 3.31. The molecule has 0 saturated heterocycles. The molecule has 0 unspecified atom stereocenters. The maximum absolute atomic E-state index is 12.9. The van der Waals surface area contributed by atoms with Gasteiger partial charge >= 0.3 is 0 Å². The van der Waals surface area contributed by atoms with Crippen LogP contribution in [0.1, 0.15) is 41.5 Å². The Morgan fingerprint density at radius 1 is 1.00 bits per heavy atom. The lowest BCUT2D eigenvalue weighted by molar-refractivity contribution is -0.115. The molecule has 0 saturated carbocycles. The van der Waals surface area contributed by atoms with E-state index < -0.39 is 0 Å². The summed E-state index contributed by atoms with van der Waals surface area (Å²) in [4.78, 5) is 24.5. The van der Waals surface area contributed by atoms with Crippen molar-refractivity contribution < 1.29 is 9.59 Å². The lowest BCUT2D eigenvalue weighted by Gasteiger charge is -2.08. The number of anilines is 2. The summed E-state index contributed by atoms with van der Waals surface area (Å²) in [6, 6.07) is 17.0. The molecule has 0 spiro atoms. The highest BCUT2D eigenvalue weighted by atomic mass is 16.2. The van der Waals surface area contributed by atoms with Crippen molar-refractivity contribution in [2.24, 2.45) is 0 Å². The molecule has 0 radical (unpaired) electrons. The summed E-state index contributed by atoms with van der Waals surface area (Å²) in [5.41, 5.74) is 4.85. The Bertz CT molecular complexity index is 1020. The van der Waals surface area contributed by atoms with Gasteiger partial charge in [-0.05, 0) is 49.6 Å². The molecule has 28 heavy (non-hydrogen) atoms. The smallest absolute Gasteiger partial charge is 0.276 e. The van der Waals surface area contributed by atoms with Crippen molar-refractivity contribution in [1.29, 1.82) is 0 Å². The molecule has 3 aromatic rings. The molecule has 6 nitrogen and oxygen atoms in total. The van der Waals surface area contributed by atoms with Gasteiger partial charge in [0, 0.05) is 29.1 Å². The van der Waals surface area contributed by atoms with Crippen molar-refractivity contribution in [2.45, 2.75) is 32.6 Å². The third-order valence-electron chi connectivity index (χ3n) is 4.87. The van der Waals surface area contributed by atoms with E-state index in [0.29, 0.717) is 23.5 Å². The molecule has 1 heterocycles. The standard InChI is InChI=1S/C22H22N4O2/c1-2-20(27)23-15-8-6-9-16(14-15)24-22(28)21-18-12-7-13-19(18)26(25-21)17-10-4-3-5-11-17/h3-6,8-11,14H,2,7,12-13H2,1H3,(H,23,27)(H,24,28). The van der Waals surface area contributed by atoms with Gasteiger partial charge in [-0.25, -0.2) is 4.68 Å². The number of rotatable bonds is 5. The molecule has 1 aliphatic carbocycles. The summed E-state index contributed by atoms with van der Waals surface area (Å²) in [5, 5.41) is 10.3. The van der Waals surface area contributed by atoms with Gasteiger partial charge in [0.1, 0.15) is 0 Å². The van der Waals surface area contributed by atoms with Crippen molar-refractivity contribution in [3.8, 4) is 5.69 Å². The Hall–Kier alpha value is -3.41. The largest absolute Gasteiger partial charge is 0.326 e. The minimum Gasteiger partial charge on any atom is -0.326 e. The van der Waals surface area contributed by atoms with E-state index in [-0.39, 0.29) is 11.8 Å². The van der Waals surface area contributed by atoms with E-state index in [0.717, 1.165) is 36.2 Å². The van der Waals surface area contributed by atoms with Crippen LogP contribution in [0.3, 0.4) is 0 Å². The monoisotopic (exact) mass is 374 g/mol. The number of aromatic nitrogens is 2. The van der Waals surface area contributed by atoms with Gasteiger partial charge in [0.05, 0.1) is 5.69 Å². The molecule has 0 atom stereocenters. The van der Waals surface area contributed by atoms with Gasteiger partial charge in [-0.15, -0.1) is 0 Å². The van der Waals surface area contributed by atoms with Crippen molar-refractivity contribution >= 4 is 23.2 Å². The van der Waals surface area contributed by atoms with Crippen molar-refractivity contribution in [2.75, 3.05) is 10.6 Å². The van der Waals surface area contributed by atoms with Gasteiger partial charge in [0.2, 0.25) is 5.91 Å². The van der Waals surface area contributed by atoms with Crippen LogP contribution in [0.2, 0.25) is 0 Å². The number of nitrogens with zero attached hydrogens (tertiary/aromatic N) is 2. The molecule has 1 aromatic heterocycles. The first-order valence-corrected chi connectivity index (χ1v) is 9.53. The van der Waals surface area contributed by atoms with E-state index in [1.807, 2.05) is 35.0 Å². The first-order valence-electron chi connectivity index (χ1n) is 9.53. The number of fused-ring (bicyclic) bond motifs is 1. The van der Waals surface area contributed by atoms with Crippen LogP contribution >= 0.6 is 0 Å². The number of hydrogen-bond acceptors (Lipinski definition) is 3. The number of nitrogens with one attached hydrogen (secondary N) is 2. The Balaban J connectivity index is 1.60. The molecular weight excluding hydrogens is 352 g/mol. The van der Waals surface area contributed by atoms with Gasteiger partial charge in [-0.2, -0.15) is 5.10 Å². The molecule has 0 fully saturated rings. The predicted octanol–water partition coefficient (Wildman–Crippen LogP) is 3.96. The molecule has 4 rings (SSSR count). The highest BCUT2D eigenvalue weighted by Gasteiger charge is 2.27. The second kappa shape index (κ2) is 7.68. The lowest BCUT2D eigenvalue weighted by Crippen LogP contribution is -2.15. The van der Waals surface area contributed by atoms with Crippen LogP contribution in [0.4, 0.5) is 11.4 Å². The fraction of sp³-hybridized carbons (Fsp3) is 0.227. The summed E-state index contributed by atoms with van der Waals surface area (Å²) in [6.45, 7) is 1.80. The normalized spacial score (nSPS) is 12.5. The van der Waals surface area contributed by atoms with Gasteiger partial charge < -0.3 is 10.6 Å². The Kier molecular flexibility index (Phi) is 4.93. The van der Waals surface area contributed by atoms with Crippen LogP contribution in [0, 0.1) is 0 Å². The number of carbonyl (C=O) groups is 2. The zero-order valence-corrected chi connectivity index (χ0v) is 15.7. The Morgan fingerprint density at radius 3 is 2.50 bits per heavy atom. The second-order valence-corrected chi connectivity index (χ2v) is 6.81. The Labute approximate surface area is 163 Å². The van der Waals surface area contributed by atoms with E-state index in [4.69, 9.17) is 0 Å². The molecule has 2 amide bonds. The van der Waals surface area contributed by atoms with Crippen LogP contribution in [0.15, 0.2) is 54.6 Å². The molecule has 1 aliphatic rings. The van der Waals surface area contributed by atoms with E-state index in [2.05, 4.69) is 15.7 Å². The first kappa shape index (κ1) is 18.0. The third kappa shape index (κ3) is 3.53. The summed E-state index contributed by atoms with van der Waals surface area (Å²) in [7, 11) is 0. The molecule has 2 N–H and O–H groups in total. The van der Waals surface area contributed by atoms with Crippen LogP contribution in [0.5, 0.6) is 0 Å². The maximum atomic E-state index is 12.9. The highest BCUT2D eigenvalue weighted by Crippen LogP contribution is 2.28. The van der Waals surface area contributed by atoms with E-state index in [1.54, 1.807) is 31.2 Å². The maximum Gasteiger partial charge on any atom is 0.276 e. The first-order chi connectivity index (χ1) is 13.7. The zero-order chi connectivity index (χ0) is 19.5. The third-order valence-corrected chi connectivity index (χ3v) is 4.87. The molecule has 2 aromatic carbocycles. The summed E-state index contributed by atoms with van der Waals surface area (Å²) < 4.78 is 1.88.